The number of nitrogens with zero attached hydrogens (tertiary/aromatic N) is 1. The van der Waals surface area contributed by atoms with Gasteiger partial charge in [0.2, 0.25) is 11.8 Å². The van der Waals surface area contributed by atoms with Crippen molar-refractivity contribution in [3.63, 3.8) is 0 Å². The second-order valence-electron chi connectivity index (χ2n) is 12.0. The van der Waals surface area contributed by atoms with Gasteiger partial charge in [-0.15, -0.1) is 0 Å². The number of carbonyl (C=O) groups is 3. The van der Waals surface area contributed by atoms with Crippen molar-refractivity contribution in [2.24, 2.45) is 0 Å². The third-order valence-electron chi connectivity index (χ3n) is 7.14. The predicted molar refractivity (Wildman–Crippen MR) is 176 cm³/mol. The van der Waals surface area contributed by atoms with E-state index in [4.69, 9.17) is 9.47 Å². The summed E-state index contributed by atoms with van der Waals surface area (Å²) in [6, 6.07) is 25.5. The first-order valence-corrected chi connectivity index (χ1v) is 15.5. The van der Waals surface area contributed by atoms with Gasteiger partial charge in [0.1, 0.15) is 17.7 Å². The summed E-state index contributed by atoms with van der Waals surface area (Å²) in [4.78, 5) is 40.9. The summed E-state index contributed by atoms with van der Waals surface area (Å²) in [5.41, 5.74) is 2.56. The van der Waals surface area contributed by atoms with Crippen molar-refractivity contribution >= 4 is 29.3 Å². The molecule has 0 aliphatic carbocycles. The normalized spacial score (nSPS) is 14.3. The minimum atomic E-state index is -0.695. The van der Waals surface area contributed by atoms with Crippen LogP contribution >= 0.6 is 0 Å². The topological polar surface area (TPSA) is 121 Å². The van der Waals surface area contributed by atoms with Crippen LogP contribution in [0.1, 0.15) is 50.8 Å². The molecule has 0 spiro atoms. The molecule has 0 bridgehead atoms. The highest BCUT2D eigenvalue weighted by atomic mass is 16.6. The van der Waals surface area contributed by atoms with Crippen molar-refractivity contribution in [3.05, 3.63) is 96.1 Å². The lowest BCUT2D eigenvalue weighted by Crippen LogP contribution is -2.47. The number of likely N-dealkylation sites (tertiary alicyclic amines) is 1. The fourth-order valence-corrected chi connectivity index (χ4v) is 4.96. The largest absolute Gasteiger partial charge is 0.444 e. The third-order valence-corrected chi connectivity index (χ3v) is 7.14. The maximum absolute atomic E-state index is 13.5. The molecule has 10 heteroatoms. The summed E-state index contributed by atoms with van der Waals surface area (Å²) >= 11 is 0. The Morgan fingerprint density at radius 1 is 0.844 bits per heavy atom. The minimum Gasteiger partial charge on any atom is -0.444 e. The zero-order valence-corrected chi connectivity index (χ0v) is 26.4. The SMILES string of the molecule is CC(C)(C)OC(=O)NCCNC(COCc1ccccc1)C(=O)Nc1cccc(NC(C(=O)N2CCCC2)c2ccccc2)c1. The van der Waals surface area contributed by atoms with E-state index in [1.807, 2.05) is 83.8 Å². The van der Waals surface area contributed by atoms with E-state index in [1.54, 1.807) is 26.8 Å². The second kappa shape index (κ2) is 16.6. The van der Waals surface area contributed by atoms with Crippen LogP contribution in [-0.2, 0) is 25.7 Å². The molecule has 1 saturated heterocycles. The van der Waals surface area contributed by atoms with Crippen LogP contribution in [0.25, 0.3) is 0 Å². The molecule has 1 heterocycles. The summed E-state index contributed by atoms with van der Waals surface area (Å²) in [5.74, 6) is -0.252. The van der Waals surface area contributed by atoms with E-state index in [-0.39, 0.29) is 25.0 Å². The second-order valence-corrected chi connectivity index (χ2v) is 12.0. The molecule has 2 unspecified atom stereocenters. The maximum atomic E-state index is 13.5. The van der Waals surface area contributed by atoms with Crippen molar-refractivity contribution in [1.29, 1.82) is 0 Å². The molecule has 0 saturated carbocycles. The van der Waals surface area contributed by atoms with Gasteiger partial charge in [-0.2, -0.15) is 0 Å². The molecule has 1 fully saturated rings. The van der Waals surface area contributed by atoms with Crippen LogP contribution in [-0.4, -0.2) is 67.2 Å². The average Bonchev–Trinajstić information content (AvgIpc) is 3.56. The molecular weight excluding hydrogens is 570 g/mol. The zero-order valence-electron chi connectivity index (χ0n) is 26.4. The van der Waals surface area contributed by atoms with Crippen molar-refractivity contribution in [2.75, 3.05) is 43.4 Å². The number of anilines is 2. The van der Waals surface area contributed by atoms with Gasteiger partial charge >= 0.3 is 6.09 Å². The number of carbonyl (C=O) groups excluding carboxylic acids is 3. The molecule has 1 aliphatic heterocycles. The van der Waals surface area contributed by atoms with Crippen molar-refractivity contribution in [3.8, 4) is 0 Å². The Morgan fingerprint density at radius 3 is 2.20 bits per heavy atom. The van der Waals surface area contributed by atoms with Crippen LogP contribution < -0.4 is 21.3 Å². The van der Waals surface area contributed by atoms with E-state index < -0.39 is 23.8 Å². The van der Waals surface area contributed by atoms with Gasteiger partial charge in [0, 0.05) is 37.6 Å². The van der Waals surface area contributed by atoms with E-state index in [9.17, 15) is 14.4 Å². The fourth-order valence-electron chi connectivity index (χ4n) is 4.96. The highest BCUT2D eigenvalue weighted by molar-refractivity contribution is 5.95. The molecule has 3 aromatic carbocycles. The Balaban J connectivity index is 1.40. The molecule has 10 nitrogen and oxygen atoms in total. The lowest BCUT2D eigenvalue weighted by Gasteiger charge is -2.25. The summed E-state index contributed by atoms with van der Waals surface area (Å²) in [7, 11) is 0. The first-order valence-electron chi connectivity index (χ1n) is 15.5. The molecule has 3 amide bonds. The van der Waals surface area contributed by atoms with Gasteiger partial charge in [0.25, 0.3) is 0 Å². The van der Waals surface area contributed by atoms with Crippen LogP contribution in [0.3, 0.4) is 0 Å². The quantitative estimate of drug-likeness (QED) is 0.186. The lowest BCUT2D eigenvalue weighted by atomic mass is 10.0. The highest BCUT2D eigenvalue weighted by Gasteiger charge is 2.28. The number of benzene rings is 3. The Kier molecular flexibility index (Phi) is 12.4. The first kappa shape index (κ1) is 33.5. The Morgan fingerprint density at radius 2 is 1.51 bits per heavy atom. The van der Waals surface area contributed by atoms with E-state index in [2.05, 4.69) is 21.3 Å². The Hall–Kier alpha value is -4.41. The number of hydrogen-bond acceptors (Lipinski definition) is 7. The Labute approximate surface area is 265 Å². The summed E-state index contributed by atoms with van der Waals surface area (Å²) in [6.45, 7) is 7.97. The van der Waals surface area contributed by atoms with E-state index in [1.165, 1.54) is 0 Å². The number of nitrogens with one attached hydrogen (secondary N) is 4. The minimum absolute atomic E-state index is 0.0351. The maximum Gasteiger partial charge on any atom is 0.407 e. The van der Waals surface area contributed by atoms with Crippen molar-refractivity contribution in [1.82, 2.24) is 15.5 Å². The molecule has 4 N–H and O–H groups in total. The van der Waals surface area contributed by atoms with Crippen molar-refractivity contribution < 1.29 is 23.9 Å². The fraction of sp³-hybridized carbons (Fsp3) is 0.400. The van der Waals surface area contributed by atoms with Gasteiger partial charge in [0.05, 0.1) is 13.2 Å². The van der Waals surface area contributed by atoms with Crippen LogP contribution in [0.2, 0.25) is 0 Å². The van der Waals surface area contributed by atoms with Gasteiger partial charge in [-0.05, 0) is 62.9 Å². The van der Waals surface area contributed by atoms with Crippen LogP contribution in [0, 0.1) is 0 Å². The van der Waals surface area contributed by atoms with Crippen LogP contribution in [0.4, 0.5) is 16.2 Å². The van der Waals surface area contributed by atoms with E-state index >= 15 is 0 Å². The molecule has 0 radical (unpaired) electrons. The average molecular weight is 616 g/mol. The summed E-state index contributed by atoms with van der Waals surface area (Å²) in [6.07, 6.45) is 1.50. The van der Waals surface area contributed by atoms with Crippen LogP contribution in [0.15, 0.2) is 84.9 Å². The molecule has 0 aromatic heterocycles. The van der Waals surface area contributed by atoms with Gasteiger partial charge in [-0.1, -0.05) is 66.7 Å². The van der Waals surface area contributed by atoms with E-state index in [0.29, 0.717) is 24.5 Å². The molecule has 1 aliphatic rings. The number of rotatable bonds is 14. The summed E-state index contributed by atoms with van der Waals surface area (Å²) < 4.78 is 11.2. The number of alkyl carbamates (subject to hydrolysis) is 1. The number of ether oxygens (including phenoxy) is 2. The number of amides is 3. The lowest BCUT2D eigenvalue weighted by molar-refractivity contribution is -0.131. The molecule has 4 rings (SSSR count). The van der Waals surface area contributed by atoms with Gasteiger partial charge in [-0.3, -0.25) is 9.59 Å². The highest BCUT2D eigenvalue weighted by Crippen LogP contribution is 2.25. The molecule has 2 atom stereocenters. The first-order chi connectivity index (χ1) is 21.7. The molecule has 3 aromatic rings. The predicted octanol–water partition coefficient (Wildman–Crippen LogP) is 5.10. The smallest absolute Gasteiger partial charge is 0.407 e. The standard InChI is InChI=1S/C35H45N5O5/c1-35(2,3)45-34(43)37-20-19-36-30(25-44-24-26-13-6-4-7-14-26)32(41)39-29-18-12-17-28(23-29)38-31(27-15-8-5-9-16-27)33(42)40-21-10-11-22-40/h4-9,12-18,23,30-31,36,38H,10-11,19-22,24-25H2,1-3H3,(H,37,43)(H,39,41). The molecule has 240 valence electrons. The van der Waals surface area contributed by atoms with Crippen molar-refractivity contribution in [2.45, 2.75) is 57.9 Å². The summed E-state index contributed by atoms with van der Waals surface area (Å²) in [5, 5.41) is 12.3. The molecule has 45 heavy (non-hydrogen) atoms. The third kappa shape index (κ3) is 11.2. The Bertz CT molecular complexity index is 1370. The monoisotopic (exact) mass is 615 g/mol. The zero-order chi connectivity index (χ0) is 32.1. The van der Waals surface area contributed by atoms with Gasteiger partial charge in [-0.25, -0.2) is 4.79 Å². The molecular formula is C35H45N5O5. The van der Waals surface area contributed by atoms with Crippen LogP contribution in [0.5, 0.6) is 0 Å². The van der Waals surface area contributed by atoms with Gasteiger partial charge < -0.3 is 35.6 Å². The van der Waals surface area contributed by atoms with E-state index in [0.717, 1.165) is 37.1 Å². The van der Waals surface area contributed by atoms with Gasteiger partial charge in [0.15, 0.2) is 0 Å². The number of hydrogen-bond donors (Lipinski definition) is 4.